The second-order valence-electron chi connectivity index (χ2n) is 11.9. The van der Waals surface area contributed by atoms with Gasteiger partial charge in [0.25, 0.3) is 0 Å². The maximum absolute atomic E-state index is 3.39. The van der Waals surface area contributed by atoms with Gasteiger partial charge in [0.05, 0.1) is 0 Å². The Morgan fingerprint density at radius 1 is 0.647 bits per heavy atom. The van der Waals surface area contributed by atoms with Crippen molar-refractivity contribution in [3.8, 4) is 0 Å². The second-order valence-corrected chi connectivity index (χ2v) is 112. The molecule has 6 heteroatoms. The Bertz CT molecular complexity index is 1190. The summed E-state index contributed by atoms with van der Waals surface area (Å²) in [5.74, 6) is 0. The molecule has 0 bridgehead atoms. The molecule has 0 amide bonds. The van der Waals surface area contributed by atoms with Gasteiger partial charge in [-0.2, -0.15) is 0 Å². The molecule has 1 aliphatic heterocycles. The van der Waals surface area contributed by atoms with E-state index in [2.05, 4.69) is 85.6 Å². The van der Waals surface area contributed by atoms with E-state index in [0.29, 0.717) is 34.2 Å². The number of benzene rings is 2. The van der Waals surface area contributed by atoms with Crippen LogP contribution in [-0.2, 0) is 42.8 Å². The molecule has 2 aromatic rings. The van der Waals surface area contributed by atoms with Gasteiger partial charge in [0.15, 0.2) is 0 Å². The summed E-state index contributed by atoms with van der Waals surface area (Å²) < 4.78 is 7.85. The fraction of sp³-hybridized carbons (Fsp3) is 0.429. The van der Waals surface area contributed by atoms with Crippen LogP contribution in [0.1, 0.15) is 79.6 Å². The number of hydrogen-bond acceptors (Lipinski definition) is 0. The summed E-state index contributed by atoms with van der Waals surface area (Å²) in [5.41, 5.74) is 13.6. The zero-order chi connectivity index (χ0) is 24.1. The van der Waals surface area contributed by atoms with E-state index >= 15 is 0 Å². The molecule has 2 atom stereocenters. The summed E-state index contributed by atoms with van der Waals surface area (Å²) >= 11 is -3.39. The molecule has 0 spiro atoms. The van der Waals surface area contributed by atoms with Crippen molar-refractivity contribution in [1.29, 1.82) is 0 Å². The third-order valence-electron chi connectivity index (χ3n) is 10.2. The van der Waals surface area contributed by atoms with Gasteiger partial charge in [0, 0.05) is 0 Å². The molecule has 0 saturated carbocycles. The van der Waals surface area contributed by atoms with Gasteiger partial charge in [-0.15, -0.1) is 0 Å². The summed E-state index contributed by atoms with van der Waals surface area (Å²) in [5, 5.41) is 0. The zero-order valence-electron chi connectivity index (χ0n) is 22.4. The average Bonchev–Trinajstić information content (AvgIpc) is 3.62. The number of hydrogen-bond donors (Lipinski definition) is 0. The summed E-state index contributed by atoms with van der Waals surface area (Å²) in [6, 6.07) is 9.98. The predicted molar refractivity (Wildman–Crippen MR) is 166 cm³/mol. The third-order valence-corrected chi connectivity index (χ3v) is 245. The predicted octanol–water partition coefficient (Wildman–Crippen LogP) is 3.98. The van der Waals surface area contributed by atoms with Crippen LogP contribution >= 0.6 is 0 Å². The first kappa shape index (κ1) is 25.5. The summed E-state index contributed by atoms with van der Waals surface area (Å²) in [6.07, 6.45) is 15.6. The molecular formula is C28H44HfSi5. The van der Waals surface area contributed by atoms with Crippen LogP contribution in [0.3, 0.4) is 0 Å². The second kappa shape index (κ2) is 9.64. The van der Waals surface area contributed by atoms with E-state index in [4.69, 9.17) is 0 Å². The molecule has 2 aromatic carbocycles. The molecule has 0 radical (unpaired) electrons. The molecule has 1 heterocycles. The quantitative estimate of drug-likeness (QED) is 0.401. The van der Waals surface area contributed by atoms with Gasteiger partial charge in [-0.05, 0) is 0 Å². The molecule has 5 rings (SSSR count). The molecule has 1 saturated heterocycles. The minimum atomic E-state index is -3.39. The standard InChI is InChI=1S/2C13H15.2CH3.Hf.H8Si5/c2*1-3-10-8-9-11(4-2)13-7-5-6-12(10)13;;;;1-2-4-5-3-1/h2*5-9H,3-4H2,1-2H3;2*1H3;;1-4H2. The molecule has 0 N–H and O–H groups in total. The van der Waals surface area contributed by atoms with E-state index in [1.165, 1.54) is 25.7 Å². The van der Waals surface area contributed by atoms with Crippen LogP contribution in [0.5, 0.6) is 0 Å². The Morgan fingerprint density at radius 3 is 1.41 bits per heavy atom. The first-order chi connectivity index (χ1) is 16.4. The van der Waals surface area contributed by atoms with Crippen LogP contribution in [0.25, 0.3) is 12.2 Å². The van der Waals surface area contributed by atoms with E-state index in [1.54, 1.807) is 33.4 Å². The molecule has 1 fully saturated rings. The molecular weight excluding hydrogens is 655 g/mol. The van der Waals surface area contributed by atoms with Crippen molar-refractivity contribution in [2.75, 3.05) is 0 Å². The van der Waals surface area contributed by atoms with Crippen molar-refractivity contribution in [3.63, 3.8) is 0 Å². The van der Waals surface area contributed by atoms with Crippen molar-refractivity contribution >= 4 is 50.9 Å². The molecule has 2 unspecified atom stereocenters. The van der Waals surface area contributed by atoms with Gasteiger partial charge in [0.2, 0.25) is 0 Å². The molecule has 180 valence electrons. The number of aryl methyl sites for hydroxylation is 4. The first-order valence-electron chi connectivity index (χ1n) is 14.1. The molecule has 2 aliphatic carbocycles. The first-order valence-corrected chi connectivity index (χ1v) is 49.0. The average molecular weight is 700 g/mol. The van der Waals surface area contributed by atoms with Gasteiger partial charge < -0.3 is 0 Å². The van der Waals surface area contributed by atoms with Crippen molar-refractivity contribution in [2.24, 2.45) is 0 Å². The fourth-order valence-corrected chi connectivity index (χ4v) is 501. The Hall–Kier alpha value is -0.125. The van der Waals surface area contributed by atoms with Crippen LogP contribution < -0.4 is 0 Å². The Kier molecular flexibility index (Phi) is 7.23. The van der Waals surface area contributed by atoms with Crippen LogP contribution in [0, 0.1) is 0 Å². The van der Waals surface area contributed by atoms with Gasteiger partial charge in [-0.1, -0.05) is 0 Å². The van der Waals surface area contributed by atoms with Crippen molar-refractivity contribution < 1.29 is 17.1 Å². The third kappa shape index (κ3) is 3.68. The number of allylic oxidation sites excluding steroid dienone is 2. The normalized spacial score (nSPS) is 24.3. The van der Waals surface area contributed by atoms with Crippen LogP contribution in [-0.4, -0.2) is 38.7 Å². The van der Waals surface area contributed by atoms with Gasteiger partial charge in [-0.3, -0.25) is 0 Å². The van der Waals surface area contributed by atoms with Gasteiger partial charge in [0.1, 0.15) is 0 Å². The zero-order valence-corrected chi connectivity index (χ0v) is 32.7. The minimum absolute atomic E-state index is 0.0339. The topological polar surface area (TPSA) is 0 Å². The van der Waals surface area contributed by atoms with Crippen LogP contribution in [0.15, 0.2) is 36.4 Å². The van der Waals surface area contributed by atoms with Gasteiger partial charge in [-0.25, -0.2) is 0 Å². The Balaban J connectivity index is 1.83. The van der Waals surface area contributed by atoms with E-state index < -0.39 is 17.1 Å². The van der Waals surface area contributed by atoms with E-state index in [9.17, 15) is 0 Å². The van der Waals surface area contributed by atoms with Crippen LogP contribution in [0.2, 0.25) is 9.36 Å². The van der Waals surface area contributed by atoms with E-state index in [0.717, 1.165) is 7.35 Å². The number of fused-ring (bicyclic) bond motifs is 2. The Labute approximate surface area is 217 Å². The summed E-state index contributed by atoms with van der Waals surface area (Å²) in [4.78, 5) is 0. The maximum atomic E-state index is 3.07. The number of rotatable bonds is 6. The van der Waals surface area contributed by atoms with Crippen LogP contribution in [0.4, 0.5) is 0 Å². The summed E-state index contributed by atoms with van der Waals surface area (Å²) in [6.45, 7) is 9.55. The van der Waals surface area contributed by atoms with E-state index in [1.807, 2.05) is 11.1 Å². The molecule has 3 aliphatic rings. The monoisotopic (exact) mass is 700 g/mol. The van der Waals surface area contributed by atoms with Crippen molar-refractivity contribution in [2.45, 2.75) is 70.1 Å². The fourth-order valence-electron chi connectivity index (χ4n) is 8.10. The van der Waals surface area contributed by atoms with E-state index in [-0.39, 0.29) is 4.53 Å². The molecule has 34 heavy (non-hydrogen) atoms. The molecule has 0 nitrogen and oxygen atoms in total. The van der Waals surface area contributed by atoms with Gasteiger partial charge >= 0.3 is 219 Å². The SMILES string of the molecule is CCc1ccc(CC)c2c1C=C[CH]2[Hf]([CH3])([CH3])([CH]1C=Cc2c(CC)ccc(CC)c21)=[Si]1[SiH2][SiH2][SiH2][SiH2]1. The Morgan fingerprint density at radius 2 is 1.03 bits per heavy atom. The summed E-state index contributed by atoms with van der Waals surface area (Å²) in [7, 11) is 1.73. The molecule has 0 aromatic heterocycles. The van der Waals surface area contributed by atoms with Crippen molar-refractivity contribution in [1.82, 2.24) is 0 Å². The van der Waals surface area contributed by atoms with Crippen molar-refractivity contribution in [3.05, 3.63) is 80.9 Å².